The molecule has 0 aliphatic heterocycles. The molecule has 1 aromatic heterocycles. The number of carbonyl (C=O) groups is 1. The number of ether oxygens (including phenoxy) is 1. The van der Waals surface area contributed by atoms with Gasteiger partial charge in [-0.15, -0.1) is 0 Å². The van der Waals surface area contributed by atoms with Crippen molar-refractivity contribution in [2.45, 2.75) is 26.7 Å². The molecule has 0 saturated heterocycles. The first-order chi connectivity index (χ1) is 11.3. The van der Waals surface area contributed by atoms with E-state index in [2.05, 4.69) is 27.5 Å². The Labute approximate surface area is 136 Å². The van der Waals surface area contributed by atoms with Crippen molar-refractivity contribution < 1.29 is 9.53 Å². The lowest BCUT2D eigenvalue weighted by Crippen LogP contribution is -2.11. The van der Waals surface area contributed by atoms with Gasteiger partial charge in [0.05, 0.1) is 18.0 Å². The van der Waals surface area contributed by atoms with Crippen molar-refractivity contribution in [3.63, 3.8) is 0 Å². The Morgan fingerprint density at radius 1 is 1.22 bits per heavy atom. The fourth-order valence-corrected chi connectivity index (χ4v) is 2.06. The number of esters is 1. The Morgan fingerprint density at radius 2 is 2.00 bits per heavy atom. The molecule has 0 bridgehead atoms. The molecule has 122 valence electrons. The quantitative estimate of drug-likeness (QED) is 0.572. The molecule has 0 amide bonds. The van der Waals surface area contributed by atoms with Gasteiger partial charge in [-0.2, -0.15) is 0 Å². The number of aromatic nitrogens is 2. The van der Waals surface area contributed by atoms with Crippen LogP contribution in [-0.4, -0.2) is 29.1 Å². The lowest BCUT2D eigenvalue weighted by Gasteiger charge is -2.14. The van der Waals surface area contributed by atoms with Crippen molar-refractivity contribution >= 4 is 23.2 Å². The van der Waals surface area contributed by atoms with Crippen LogP contribution in [0, 0.1) is 0 Å². The third-order valence-electron chi connectivity index (χ3n) is 3.23. The van der Waals surface area contributed by atoms with Gasteiger partial charge in [0.15, 0.2) is 0 Å². The molecule has 6 heteroatoms. The first kappa shape index (κ1) is 16.7. The average molecular weight is 314 g/mol. The molecule has 6 nitrogen and oxygen atoms in total. The van der Waals surface area contributed by atoms with Crippen LogP contribution < -0.4 is 10.6 Å². The Balaban J connectivity index is 2.21. The van der Waals surface area contributed by atoms with Gasteiger partial charge >= 0.3 is 5.97 Å². The van der Waals surface area contributed by atoms with Crippen LogP contribution in [0.3, 0.4) is 0 Å². The first-order valence-corrected chi connectivity index (χ1v) is 7.83. The number of nitrogens with zero attached hydrogens (tertiary/aromatic N) is 2. The Kier molecular flexibility index (Phi) is 6.35. The van der Waals surface area contributed by atoms with Crippen LogP contribution in [0.5, 0.6) is 0 Å². The van der Waals surface area contributed by atoms with Crippen molar-refractivity contribution in [2.24, 2.45) is 0 Å². The van der Waals surface area contributed by atoms with E-state index in [4.69, 9.17) is 4.74 Å². The second-order valence-corrected chi connectivity index (χ2v) is 4.96. The van der Waals surface area contributed by atoms with Crippen molar-refractivity contribution in [1.82, 2.24) is 9.97 Å². The summed E-state index contributed by atoms with van der Waals surface area (Å²) in [6.45, 7) is 5.12. The summed E-state index contributed by atoms with van der Waals surface area (Å²) < 4.78 is 5.04. The van der Waals surface area contributed by atoms with E-state index in [0.717, 1.165) is 30.8 Å². The zero-order valence-corrected chi connectivity index (χ0v) is 13.5. The topological polar surface area (TPSA) is 76.1 Å². The highest BCUT2D eigenvalue weighted by atomic mass is 16.5. The molecule has 0 atom stereocenters. The summed E-state index contributed by atoms with van der Waals surface area (Å²) >= 11 is 0. The number of rotatable bonds is 8. The van der Waals surface area contributed by atoms with Crippen LogP contribution in [0.2, 0.25) is 0 Å². The smallest absolute Gasteiger partial charge is 0.343 e. The fourth-order valence-electron chi connectivity index (χ4n) is 2.06. The molecule has 2 aromatic rings. The third kappa shape index (κ3) is 4.67. The van der Waals surface area contributed by atoms with Crippen molar-refractivity contribution in [1.29, 1.82) is 0 Å². The number of anilines is 3. The minimum Gasteiger partial charge on any atom is -0.462 e. The molecule has 1 heterocycles. The van der Waals surface area contributed by atoms with E-state index < -0.39 is 5.97 Å². The zero-order valence-electron chi connectivity index (χ0n) is 13.5. The highest BCUT2D eigenvalue weighted by Crippen LogP contribution is 2.26. The monoisotopic (exact) mass is 314 g/mol. The van der Waals surface area contributed by atoms with Gasteiger partial charge in [0, 0.05) is 12.7 Å². The Morgan fingerprint density at radius 3 is 2.74 bits per heavy atom. The number of unbranched alkanes of at least 4 members (excludes halogenated alkanes) is 1. The van der Waals surface area contributed by atoms with Gasteiger partial charge in [-0.25, -0.2) is 14.8 Å². The maximum atomic E-state index is 12.0. The Hall–Kier alpha value is -2.63. The first-order valence-electron chi connectivity index (χ1n) is 7.83. The van der Waals surface area contributed by atoms with E-state index in [9.17, 15) is 4.79 Å². The summed E-state index contributed by atoms with van der Waals surface area (Å²) in [5.41, 5.74) is 2.14. The summed E-state index contributed by atoms with van der Waals surface area (Å²) in [6, 6.07) is 7.82. The number of benzene rings is 1. The van der Waals surface area contributed by atoms with Crippen LogP contribution >= 0.6 is 0 Å². The molecule has 0 saturated carbocycles. The SMILES string of the molecule is CCCCNc1ccccc1Nc1ncncc1C(=O)OCC. The van der Waals surface area contributed by atoms with Crippen molar-refractivity contribution in [2.75, 3.05) is 23.8 Å². The van der Waals surface area contributed by atoms with Gasteiger partial charge in [-0.1, -0.05) is 25.5 Å². The summed E-state index contributed by atoms with van der Waals surface area (Å²) in [4.78, 5) is 20.1. The number of hydrogen-bond donors (Lipinski definition) is 2. The minimum atomic E-state index is -0.438. The van der Waals surface area contributed by atoms with E-state index in [0.29, 0.717) is 18.0 Å². The second kappa shape index (κ2) is 8.73. The molecule has 0 aliphatic rings. The van der Waals surface area contributed by atoms with Gasteiger partial charge in [0.1, 0.15) is 17.7 Å². The number of para-hydroxylation sites is 2. The summed E-state index contributed by atoms with van der Waals surface area (Å²) in [7, 11) is 0. The molecule has 0 unspecified atom stereocenters. The molecule has 0 spiro atoms. The van der Waals surface area contributed by atoms with Gasteiger partial charge in [-0.3, -0.25) is 0 Å². The largest absolute Gasteiger partial charge is 0.462 e. The highest BCUT2D eigenvalue weighted by molar-refractivity contribution is 5.95. The van der Waals surface area contributed by atoms with Crippen molar-refractivity contribution in [3.05, 3.63) is 42.4 Å². The summed E-state index contributed by atoms with van der Waals surface area (Å²) in [6.07, 6.45) is 5.08. The molecule has 0 fully saturated rings. The average Bonchev–Trinajstić information content (AvgIpc) is 2.57. The van der Waals surface area contributed by atoms with Gasteiger partial charge in [0.2, 0.25) is 0 Å². The molecular weight excluding hydrogens is 292 g/mol. The molecule has 1 aromatic carbocycles. The van der Waals surface area contributed by atoms with Crippen LogP contribution in [0.4, 0.5) is 17.2 Å². The third-order valence-corrected chi connectivity index (χ3v) is 3.23. The fraction of sp³-hybridized carbons (Fsp3) is 0.353. The van der Waals surface area contributed by atoms with Crippen LogP contribution in [0.1, 0.15) is 37.0 Å². The van der Waals surface area contributed by atoms with E-state index in [-0.39, 0.29) is 0 Å². The molecule has 23 heavy (non-hydrogen) atoms. The lowest BCUT2D eigenvalue weighted by molar-refractivity contribution is 0.0526. The van der Waals surface area contributed by atoms with Crippen LogP contribution in [0.15, 0.2) is 36.8 Å². The normalized spacial score (nSPS) is 10.2. The standard InChI is InChI=1S/C17H22N4O2/c1-3-5-10-19-14-8-6-7-9-15(14)21-16-13(11-18-12-20-16)17(22)23-4-2/h6-9,11-12,19H,3-5,10H2,1-2H3,(H,18,20,21). The van der Waals surface area contributed by atoms with E-state index in [1.165, 1.54) is 12.5 Å². The molecule has 2 N–H and O–H groups in total. The molecule has 0 radical (unpaired) electrons. The maximum absolute atomic E-state index is 12.0. The predicted octanol–water partition coefficient (Wildman–Crippen LogP) is 3.61. The zero-order chi connectivity index (χ0) is 16.5. The lowest BCUT2D eigenvalue weighted by atomic mass is 10.2. The Bertz CT molecular complexity index is 646. The maximum Gasteiger partial charge on any atom is 0.343 e. The van der Waals surface area contributed by atoms with Crippen LogP contribution in [-0.2, 0) is 4.74 Å². The van der Waals surface area contributed by atoms with E-state index in [1.807, 2.05) is 24.3 Å². The number of nitrogens with one attached hydrogen (secondary N) is 2. The number of hydrogen-bond acceptors (Lipinski definition) is 6. The summed E-state index contributed by atoms with van der Waals surface area (Å²) in [5.74, 6) is -0.00443. The van der Waals surface area contributed by atoms with Gasteiger partial charge < -0.3 is 15.4 Å². The van der Waals surface area contributed by atoms with Gasteiger partial charge in [0.25, 0.3) is 0 Å². The molecule has 2 rings (SSSR count). The van der Waals surface area contributed by atoms with Gasteiger partial charge in [-0.05, 0) is 25.5 Å². The van der Waals surface area contributed by atoms with E-state index in [1.54, 1.807) is 6.92 Å². The van der Waals surface area contributed by atoms with Crippen molar-refractivity contribution in [3.8, 4) is 0 Å². The molecular formula is C17H22N4O2. The summed E-state index contributed by atoms with van der Waals surface area (Å²) in [5, 5.41) is 6.58. The predicted molar refractivity (Wildman–Crippen MR) is 91.1 cm³/mol. The van der Waals surface area contributed by atoms with Crippen LogP contribution in [0.25, 0.3) is 0 Å². The van der Waals surface area contributed by atoms with E-state index >= 15 is 0 Å². The highest BCUT2D eigenvalue weighted by Gasteiger charge is 2.15. The number of carbonyl (C=O) groups excluding carboxylic acids is 1. The minimum absolute atomic E-state index is 0.308. The second-order valence-electron chi connectivity index (χ2n) is 4.96. The molecule has 0 aliphatic carbocycles.